The lowest BCUT2D eigenvalue weighted by atomic mass is 10.1. The van der Waals surface area contributed by atoms with Crippen molar-refractivity contribution in [3.05, 3.63) is 52.2 Å². The van der Waals surface area contributed by atoms with Gasteiger partial charge in [-0.2, -0.15) is 0 Å². The first-order chi connectivity index (χ1) is 11.2. The van der Waals surface area contributed by atoms with Crippen molar-refractivity contribution in [1.29, 1.82) is 0 Å². The summed E-state index contributed by atoms with van der Waals surface area (Å²) in [4.78, 5) is 16.8. The minimum Gasteiger partial charge on any atom is -0.351 e. The van der Waals surface area contributed by atoms with Crippen LogP contribution in [0.25, 0.3) is 0 Å². The third-order valence-corrected chi connectivity index (χ3v) is 3.37. The van der Waals surface area contributed by atoms with Gasteiger partial charge in [-0.05, 0) is 37.6 Å². The summed E-state index contributed by atoms with van der Waals surface area (Å²) in [7, 11) is 0. The second-order valence-electron chi connectivity index (χ2n) is 4.90. The highest BCUT2D eigenvalue weighted by molar-refractivity contribution is 5.72. The van der Waals surface area contributed by atoms with E-state index in [-0.39, 0.29) is 18.1 Å². The Morgan fingerprint density at radius 2 is 1.91 bits per heavy atom. The quantitative estimate of drug-likeness (QED) is 0.418. The number of hydrogen-bond donors (Lipinski definition) is 0. The van der Waals surface area contributed by atoms with E-state index in [1.54, 1.807) is 18.3 Å². The molecule has 0 amide bonds. The first-order valence-corrected chi connectivity index (χ1v) is 7.59. The number of allylic oxidation sites excluding steroid dienone is 1. The number of rotatable bonds is 8. The van der Waals surface area contributed by atoms with Crippen molar-refractivity contribution >= 4 is 11.9 Å². The fourth-order valence-corrected chi connectivity index (χ4v) is 2.35. The summed E-state index contributed by atoms with van der Waals surface area (Å²) >= 11 is 0. The number of nitro benzene ring substituents is 1. The third-order valence-electron chi connectivity index (χ3n) is 3.37. The standard InChI is InChI=1S/C16H21N3O4/c1-3-22-15(23-4-2)12-18-11-5-10-17-16(18)13-6-8-14(9-7-13)19(20)21/h5-11,15-16H,3-4,12H2,1-2H3. The average Bonchev–Trinajstić information content (AvgIpc) is 2.56. The fraction of sp³-hybridized carbons (Fsp3) is 0.438. The van der Waals surface area contributed by atoms with E-state index in [9.17, 15) is 10.1 Å². The van der Waals surface area contributed by atoms with Crippen molar-refractivity contribution in [3.8, 4) is 0 Å². The molecule has 0 spiro atoms. The van der Waals surface area contributed by atoms with Crippen LogP contribution in [-0.2, 0) is 9.47 Å². The van der Waals surface area contributed by atoms with Crippen LogP contribution in [0, 0.1) is 10.1 Å². The molecule has 0 radical (unpaired) electrons. The summed E-state index contributed by atoms with van der Waals surface area (Å²) in [6.45, 7) is 5.49. The predicted octanol–water partition coefficient (Wildman–Crippen LogP) is 2.89. The van der Waals surface area contributed by atoms with Crippen LogP contribution >= 0.6 is 0 Å². The van der Waals surface area contributed by atoms with Gasteiger partial charge in [-0.3, -0.25) is 15.1 Å². The van der Waals surface area contributed by atoms with Crippen molar-refractivity contribution in [3.63, 3.8) is 0 Å². The zero-order valence-electron chi connectivity index (χ0n) is 13.3. The molecular formula is C16H21N3O4. The Balaban J connectivity index is 2.13. The SMILES string of the molecule is CCOC(CN1C=CC=NC1c1ccc([N+](=O)[O-])cc1)OCC. The minimum absolute atomic E-state index is 0.0668. The van der Waals surface area contributed by atoms with E-state index in [1.807, 2.05) is 31.0 Å². The van der Waals surface area contributed by atoms with Gasteiger partial charge in [-0.1, -0.05) is 0 Å². The van der Waals surface area contributed by atoms with Gasteiger partial charge in [-0.25, -0.2) is 0 Å². The molecule has 0 fully saturated rings. The Kier molecular flexibility index (Phi) is 6.25. The molecule has 0 saturated heterocycles. The molecule has 2 rings (SSSR count). The number of non-ortho nitro benzene ring substituents is 1. The maximum absolute atomic E-state index is 10.8. The summed E-state index contributed by atoms with van der Waals surface area (Å²) in [6.07, 6.45) is 4.90. The summed E-state index contributed by atoms with van der Waals surface area (Å²) in [5.41, 5.74) is 0.945. The fourth-order valence-electron chi connectivity index (χ4n) is 2.35. The zero-order chi connectivity index (χ0) is 16.7. The maximum Gasteiger partial charge on any atom is 0.269 e. The topological polar surface area (TPSA) is 77.2 Å². The number of benzene rings is 1. The molecule has 1 aromatic carbocycles. The largest absolute Gasteiger partial charge is 0.351 e. The van der Waals surface area contributed by atoms with Gasteiger partial charge >= 0.3 is 0 Å². The van der Waals surface area contributed by atoms with Gasteiger partial charge < -0.3 is 14.4 Å². The molecule has 124 valence electrons. The minimum atomic E-state index is -0.411. The number of ether oxygens (including phenoxy) is 2. The van der Waals surface area contributed by atoms with Crippen LogP contribution in [-0.4, -0.2) is 42.1 Å². The van der Waals surface area contributed by atoms with Crippen LogP contribution in [0.1, 0.15) is 25.6 Å². The summed E-state index contributed by atoms with van der Waals surface area (Å²) in [6, 6.07) is 6.43. The summed E-state index contributed by atoms with van der Waals surface area (Å²) < 4.78 is 11.2. The lowest BCUT2D eigenvalue weighted by Crippen LogP contribution is -2.35. The molecular weight excluding hydrogens is 298 g/mol. The first-order valence-electron chi connectivity index (χ1n) is 7.59. The van der Waals surface area contributed by atoms with Crippen LogP contribution in [0.2, 0.25) is 0 Å². The smallest absolute Gasteiger partial charge is 0.269 e. The lowest BCUT2D eigenvalue weighted by molar-refractivity contribution is -0.384. The first kappa shape index (κ1) is 17.1. The number of hydrogen-bond acceptors (Lipinski definition) is 6. The molecule has 1 heterocycles. The monoisotopic (exact) mass is 319 g/mol. The van der Waals surface area contributed by atoms with Gasteiger partial charge in [0, 0.05) is 37.8 Å². The molecule has 0 aliphatic carbocycles. The van der Waals surface area contributed by atoms with E-state index in [1.165, 1.54) is 12.1 Å². The second-order valence-corrected chi connectivity index (χ2v) is 4.90. The van der Waals surface area contributed by atoms with Crippen molar-refractivity contribution in [2.75, 3.05) is 19.8 Å². The highest BCUT2D eigenvalue weighted by atomic mass is 16.7. The second kappa shape index (κ2) is 8.40. The van der Waals surface area contributed by atoms with Crippen LogP contribution < -0.4 is 0 Å². The van der Waals surface area contributed by atoms with Crippen molar-refractivity contribution < 1.29 is 14.4 Å². The normalized spacial score (nSPS) is 17.0. The van der Waals surface area contributed by atoms with Gasteiger partial charge in [0.1, 0.15) is 6.17 Å². The average molecular weight is 319 g/mol. The molecule has 1 atom stereocenters. The highest BCUT2D eigenvalue weighted by Gasteiger charge is 2.22. The molecule has 7 heteroatoms. The van der Waals surface area contributed by atoms with E-state index in [0.29, 0.717) is 19.8 Å². The van der Waals surface area contributed by atoms with Gasteiger partial charge in [0.05, 0.1) is 11.5 Å². The molecule has 0 aromatic heterocycles. The number of aliphatic imine (C=N–C) groups is 1. The molecule has 23 heavy (non-hydrogen) atoms. The Morgan fingerprint density at radius 3 is 2.48 bits per heavy atom. The molecule has 1 aliphatic rings. The van der Waals surface area contributed by atoms with Gasteiger partial charge in [-0.15, -0.1) is 0 Å². The Hall–Kier alpha value is -2.25. The van der Waals surface area contributed by atoms with E-state index >= 15 is 0 Å². The lowest BCUT2D eigenvalue weighted by Gasteiger charge is -2.32. The predicted molar refractivity (Wildman–Crippen MR) is 87.2 cm³/mol. The maximum atomic E-state index is 10.8. The number of nitro groups is 1. The molecule has 0 N–H and O–H groups in total. The Morgan fingerprint density at radius 1 is 1.26 bits per heavy atom. The van der Waals surface area contributed by atoms with E-state index in [0.717, 1.165) is 5.56 Å². The summed E-state index contributed by atoms with van der Waals surface area (Å²) in [5.74, 6) is 0. The van der Waals surface area contributed by atoms with Crippen LogP contribution in [0.4, 0.5) is 5.69 Å². The summed E-state index contributed by atoms with van der Waals surface area (Å²) in [5, 5.41) is 10.8. The third kappa shape index (κ3) is 4.61. The Bertz CT molecular complexity index is 565. The van der Waals surface area contributed by atoms with E-state index in [4.69, 9.17) is 9.47 Å². The number of nitrogens with zero attached hydrogens (tertiary/aromatic N) is 3. The van der Waals surface area contributed by atoms with E-state index in [2.05, 4.69) is 4.99 Å². The van der Waals surface area contributed by atoms with Gasteiger partial charge in [0.15, 0.2) is 6.29 Å². The van der Waals surface area contributed by atoms with Gasteiger partial charge in [0.2, 0.25) is 0 Å². The molecule has 7 nitrogen and oxygen atoms in total. The Labute approximate surface area is 135 Å². The van der Waals surface area contributed by atoms with Crippen LogP contribution in [0.3, 0.4) is 0 Å². The van der Waals surface area contributed by atoms with Crippen LogP contribution in [0.15, 0.2) is 41.5 Å². The van der Waals surface area contributed by atoms with E-state index < -0.39 is 4.92 Å². The van der Waals surface area contributed by atoms with Crippen LogP contribution in [0.5, 0.6) is 0 Å². The highest BCUT2D eigenvalue weighted by Crippen LogP contribution is 2.26. The molecule has 0 saturated carbocycles. The van der Waals surface area contributed by atoms with Crippen molar-refractivity contribution in [1.82, 2.24) is 4.90 Å². The zero-order valence-corrected chi connectivity index (χ0v) is 13.3. The molecule has 1 aliphatic heterocycles. The van der Waals surface area contributed by atoms with Gasteiger partial charge in [0.25, 0.3) is 5.69 Å². The van der Waals surface area contributed by atoms with Crippen molar-refractivity contribution in [2.24, 2.45) is 4.99 Å². The molecule has 0 bridgehead atoms. The molecule has 1 unspecified atom stereocenters. The van der Waals surface area contributed by atoms with Crippen molar-refractivity contribution in [2.45, 2.75) is 26.3 Å². The molecule has 1 aromatic rings.